The number of nitrogens with one attached hydrogen (secondary N) is 1. The second-order valence-electron chi connectivity index (χ2n) is 4.08. The first-order valence-electron chi connectivity index (χ1n) is 5.52. The third-order valence-corrected chi connectivity index (χ3v) is 2.36. The van der Waals surface area contributed by atoms with Crippen molar-refractivity contribution in [3.05, 3.63) is 23.9 Å². The van der Waals surface area contributed by atoms with Crippen molar-refractivity contribution in [2.75, 3.05) is 7.11 Å². The highest BCUT2D eigenvalue weighted by atomic mass is 16.5. The Morgan fingerprint density at radius 2 is 2.19 bits per heavy atom. The molecule has 0 radical (unpaired) electrons. The van der Waals surface area contributed by atoms with Gasteiger partial charge in [-0.25, -0.2) is 4.98 Å². The minimum absolute atomic E-state index is 0.267. The van der Waals surface area contributed by atoms with Crippen molar-refractivity contribution < 1.29 is 9.84 Å². The van der Waals surface area contributed by atoms with E-state index in [1.165, 1.54) is 0 Å². The van der Waals surface area contributed by atoms with Gasteiger partial charge < -0.3 is 15.2 Å². The first kappa shape index (κ1) is 12.9. The van der Waals surface area contributed by atoms with Crippen molar-refractivity contribution in [1.82, 2.24) is 10.3 Å². The molecule has 90 valence electrons. The molecule has 0 saturated heterocycles. The molecule has 1 aromatic heterocycles. The van der Waals surface area contributed by atoms with Crippen molar-refractivity contribution in [2.45, 2.75) is 39.0 Å². The molecule has 2 unspecified atom stereocenters. The molecule has 1 aromatic rings. The van der Waals surface area contributed by atoms with Gasteiger partial charge in [0.25, 0.3) is 0 Å². The van der Waals surface area contributed by atoms with Crippen molar-refractivity contribution in [1.29, 1.82) is 0 Å². The van der Waals surface area contributed by atoms with E-state index < -0.39 is 0 Å². The van der Waals surface area contributed by atoms with Crippen LogP contribution in [0.4, 0.5) is 0 Å². The van der Waals surface area contributed by atoms with Crippen LogP contribution in [0.5, 0.6) is 5.88 Å². The molecule has 0 aliphatic rings. The van der Waals surface area contributed by atoms with Gasteiger partial charge in [0.2, 0.25) is 5.88 Å². The third kappa shape index (κ3) is 4.59. The number of rotatable bonds is 6. The maximum absolute atomic E-state index is 9.22. The van der Waals surface area contributed by atoms with Crippen LogP contribution in [0.15, 0.2) is 18.3 Å². The van der Waals surface area contributed by atoms with E-state index in [1.807, 2.05) is 12.1 Å². The maximum Gasteiger partial charge on any atom is 0.212 e. The van der Waals surface area contributed by atoms with E-state index in [9.17, 15) is 5.11 Å². The minimum Gasteiger partial charge on any atom is -0.481 e. The molecule has 1 rings (SSSR count). The summed E-state index contributed by atoms with van der Waals surface area (Å²) in [7, 11) is 1.60. The molecule has 0 spiro atoms. The highest BCUT2D eigenvalue weighted by molar-refractivity contribution is 5.17. The molecule has 0 aromatic carbocycles. The average Bonchev–Trinajstić information content (AvgIpc) is 2.26. The molecule has 16 heavy (non-hydrogen) atoms. The van der Waals surface area contributed by atoms with Gasteiger partial charge in [-0.05, 0) is 25.8 Å². The zero-order chi connectivity index (χ0) is 12.0. The fourth-order valence-corrected chi connectivity index (χ4v) is 1.52. The summed E-state index contributed by atoms with van der Waals surface area (Å²) in [4.78, 5) is 4.12. The number of aliphatic hydroxyl groups is 1. The summed E-state index contributed by atoms with van der Waals surface area (Å²) in [5.74, 6) is 0.626. The van der Waals surface area contributed by atoms with Gasteiger partial charge in [-0.15, -0.1) is 0 Å². The van der Waals surface area contributed by atoms with Crippen LogP contribution in [-0.4, -0.2) is 29.3 Å². The molecule has 0 saturated carbocycles. The van der Waals surface area contributed by atoms with Gasteiger partial charge in [0, 0.05) is 24.8 Å². The van der Waals surface area contributed by atoms with Crippen LogP contribution in [0.2, 0.25) is 0 Å². The van der Waals surface area contributed by atoms with Crippen LogP contribution >= 0.6 is 0 Å². The Morgan fingerprint density at radius 3 is 2.69 bits per heavy atom. The fourth-order valence-electron chi connectivity index (χ4n) is 1.52. The van der Waals surface area contributed by atoms with E-state index in [-0.39, 0.29) is 6.10 Å². The second-order valence-corrected chi connectivity index (χ2v) is 4.08. The van der Waals surface area contributed by atoms with Crippen LogP contribution in [0.1, 0.15) is 25.8 Å². The van der Waals surface area contributed by atoms with Gasteiger partial charge in [0.1, 0.15) is 0 Å². The zero-order valence-corrected chi connectivity index (χ0v) is 10.1. The Kier molecular flexibility index (Phi) is 5.22. The molecule has 4 heteroatoms. The molecular weight excluding hydrogens is 204 g/mol. The Bertz CT molecular complexity index is 298. The SMILES string of the molecule is COc1ccc(CNC(C)CC(C)O)cn1. The van der Waals surface area contributed by atoms with Gasteiger partial charge in [-0.1, -0.05) is 6.07 Å². The lowest BCUT2D eigenvalue weighted by atomic mass is 10.1. The summed E-state index contributed by atoms with van der Waals surface area (Å²) in [5.41, 5.74) is 1.11. The maximum atomic E-state index is 9.22. The summed E-state index contributed by atoms with van der Waals surface area (Å²) in [6.45, 7) is 4.61. The zero-order valence-electron chi connectivity index (χ0n) is 10.1. The van der Waals surface area contributed by atoms with Crippen LogP contribution < -0.4 is 10.1 Å². The normalized spacial score (nSPS) is 14.5. The largest absolute Gasteiger partial charge is 0.481 e. The van der Waals surface area contributed by atoms with E-state index in [0.29, 0.717) is 11.9 Å². The summed E-state index contributed by atoms with van der Waals surface area (Å²) in [6, 6.07) is 4.12. The quantitative estimate of drug-likeness (QED) is 0.765. The van der Waals surface area contributed by atoms with Gasteiger partial charge in [-0.3, -0.25) is 0 Å². The van der Waals surface area contributed by atoms with E-state index in [2.05, 4.69) is 17.2 Å². The fraction of sp³-hybridized carbons (Fsp3) is 0.583. The van der Waals surface area contributed by atoms with Crippen molar-refractivity contribution in [3.63, 3.8) is 0 Å². The number of aromatic nitrogens is 1. The molecule has 0 fully saturated rings. The molecule has 0 aliphatic carbocycles. The highest BCUT2D eigenvalue weighted by Gasteiger charge is 2.05. The van der Waals surface area contributed by atoms with Gasteiger partial charge in [0.05, 0.1) is 13.2 Å². The molecule has 0 aliphatic heterocycles. The van der Waals surface area contributed by atoms with Crippen molar-refractivity contribution in [2.24, 2.45) is 0 Å². The molecule has 2 N–H and O–H groups in total. The number of ether oxygens (including phenoxy) is 1. The summed E-state index contributed by atoms with van der Waals surface area (Å²) < 4.78 is 4.98. The first-order valence-corrected chi connectivity index (χ1v) is 5.52. The van der Waals surface area contributed by atoms with E-state index >= 15 is 0 Å². The lowest BCUT2D eigenvalue weighted by Crippen LogP contribution is -2.28. The molecule has 1 heterocycles. The molecule has 0 bridgehead atoms. The minimum atomic E-state index is -0.267. The van der Waals surface area contributed by atoms with Crippen LogP contribution in [0, 0.1) is 0 Å². The average molecular weight is 224 g/mol. The number of methoxy groups -OCH3 is 1. The number of pyridine rings is 1. The number of hydrogen-bond donors (Lipinski definition) is 2. The number of hydrogen-bond acceptors (Lipinski definition) is 4. The second kappa shape index (κ2) is 6.45. The van der Waals surface area contributed by atoms with Crippen molar-refractivity contribution in [3.8, 4) is 5.88 Å². The Labute approximate surface area is 96.7 Å². The molecular formula is C12H20N2O2. The lowest BCUT2D eigenvalue weighted by Gasteiger charge is -2.15. The predicted octanol–water partition coefficient (Wildman–Crippen LogP) is 1.34. The van der Waals surface area contributed by atoms with Crippen LogP contribution in [0.3, 0.4) is 0 Å². The summed E-state index contributed by atoms with van der Waals surface area (Å²) in [5, 5.41) is 12.5. The van der Waals surface area contributed by atoms with E-state index in [0.717, 1.165) is 18.5 Å². The Balaban J connectivity index is 2.36. The van der Waals surface area contributed by atoms with E-state index in [4.69, 9.17) is 4.74 Å². The topological polar surface area (TPSA) is 54.4 Å². The standard InChI is InChI=1S/C12H20N2O2/c1-9(6-10(2)15)13-7-11-4-5-12(16-3)14-8-11/h4-5,8-10,13,15H,6-7H2,1-3H3. The number of aliphatic hydroxyl groups excluding tert-OH is 1. The summed E-state index contributed by atoms with van der Waals surface area (Å²) in [6.07, 6.45) is 2.28. The monoisotopic (exact) mass is 224 g/mol. The molecule has 2 atom stereocenters. The smallest absolute Gasteiger partial charge is 0.212 e. The van der Waals surface area contributed by atoms with Gasteiger partial charge in [-0.2, -0.15) is 0 Å². The lowest BCUT2D eigenvalue weighted by molar-refractivity contribution is 0.170. The Hall–Kier alpha value is -1.13. The third-order valence-electron chi connectivity index (χ3n) is 2.36. The Morgan fingerprint density at radius 1 is 1.44 bits per heavy atom. The predicted molar refractivity (Wildman–Crippen MR) is 63.4 cm³/mol. The van der Waals surface area contributed by atoms with Crippen molar-refractivity contribution >= 4 is 0 Å². The van der Waals surface area contributed by atoms with Gasteiger partial charge in [0.15, 0.2) is 0 Å². The first-order chi connectivity index (χ1) is 7.61. The van der Waals surface area contributed by atoms with Crippen LogP contribution in [0.25, 0.3) is 0 Å². The highest BCUT2D eigenvalue weighted by Crippen LogP contribution is 2.07. The molecule has 4 nitrogen and oxygen atoms in total. The number of nitrogens with zero attached hydrogens (tertiary/aromatic N) is 1. The summed E-state index contributed by atoms with van der Waals surface area (Å²) >= 11 is 0. The van der Waals surface area contributed by atoms with Gasteiger partial charge >= 0.3 is 0 Å². The van der Waals surface area contributed by atoms with Crippen LogP contribution in [-0.2, 0) is 6.54 Å². The van der Waals surface area contributed by atoms with E-state index in [1.54, 1.807) is 20.2 Å². The molecule has 0 amide bonds.